The average Bonchev–Trinajstić information content (AvgIpc) is 1.96. The van der Waals surface area contributed by atoms with Gasteiger partial charge in [0, 0.05) is 0 Å². The number of nitrogens with two attached hydrogens (primary N) is 2. The van der Waals surface area contributed by atoms with E-state index in [2.05, 4.69) is 0 Å². The molecule has 4 heteroatoms. The summed E-state index contributed by atoms with van der Waals surface area (Å²) in [5.41, 5.74) is 10.8. The van der Waals surface area contributed by atoms with Gasteiger partial charge >= 0.3 is 0 Å². The summed E-state index contributed by atoms with van der Waals surface area (Å²) in [4.78, 5) is 10.4. The normalized spacial score (nSPS) is 9.75. The van der Waals surface area contributed by atoms with Crippen LogP contribution in [0.25, 0.3) is 0 Å². The maximum Gasteiger partial charge on any atom is 0.221 e. The van der Waals surface area contributed by atoms with E-state index in [1.807, 2.05) is 0 Å². The van der Waals surface area contributed by atoms with Crippen LogP contribution in [0.1, 0.15) is 5.56 Å². The molecule has 0 heterocycles. The van der Waals surface area contributed by atoms with Crippen LogP contribution in [0.5, 0.6) is 0 Å². The van der Waals surface area contributed by atoms with Gasteiger partial charge in [0.1, 0.15) is 5.82 Å². The van der Waals surface area contributed by atoms with Crippen LogP contribution >= 0.6 is 0 Å². The Hall–Kier alpha value is -1.58. The minimum atomic E-state index is -0.520. The van der Waals surface area contributed by atoms with E-state index < -0.39 is 11.7 Å². The molecular formula is C8H9FN2O. The molecule has 0 aliphatic rings. The minimum absolute atomic E-state index is 0.0389. The quantitative estimate of drug-likeness (QED) is 0.629. The van der Waals surface area contributed by atoms with Crippen LogP contribution in [0.15, 0.2) is 18.2 Å². The molecule has 0 atom stereocenters. The molecule has 3 nitrogen and oxygen atoms in total. The van der Waals surface area contributed by atoms with Gasteiger partial charge in [-0.1, -0.05) is 6.07 Å². The van der Waals surface area contributed by atoms with Crippen molar-refractivity contribution in [3.05, 3.63) is 29.6 Å². The first-order chi connectivity index (χ1) is 5.59. The zero-order valence-corrected chi connectivity index (χ0v) is 6.38. The summed E-state index contributed by atoms with van der Waals surface area (Å²) in [5.74, 6) is -1.01. The molecule has 0 radical (unpaired) electrons. The molecule has 0 spiro atoms. The lowest BCUT2D eigenvalue weighted by Gasteiger charge is -1.99. The van der Waals surface area contributed by atoms with Crippen molar-refractivity contribution in [2.75, 3.05) is 5.73 Å². The molecule has 0 aliphatic heterocycles. The van der Waals surface area contributed by atoms with Crippen LogP contribution in [-0.2, 0) is 11.2 Å². The predicted molar refractivity (Wildman–Crippen MR) is 43.7 cm³/mol. The van der Waals surface area contributed by atoms with Crippen molar-refractivity contribution in [1.29, 1.82) is 0 Å². The van der Waals surface area contributed by atoms with Gasteiger partial charge in [-0.2, -0.15) is 0 Å². The highest BCUT2D eigenvalue weighted by Gasteiger charge is 2.02. The number of anilines is 1. The number of halogens is 1. The van der Waals surface area contributed by atoms with Crippen LogP contribution < -0.4 is 11.5 Å². The summed E-state index contributed by atoms with van der Waals surface area (Å²) in [7, 11) is 0. The molecular weight excluding hydrogens is 159 g/mol. The van der Waals surface area contributed by atoms with E-state index >= 15 is 0 Å². The maximum atomic E-state index is 12.8. The van der Waals surface area contributed by atoms with Crippen LogP contribution in [0, 0.1) is 5.82 Å². The Bertz CT molecular complexity index is 312. The average molecular weight is 168 g/mol. The minimum Gasteiger partial charge on any atom is -0.396 e. The summed E-state index contributed by atoms with van der Waals surface area (Å²) < 4.78 is 12.8. The molecule has 64 valence electrons. The monoisotopic (exact) mass is 168 g/mol. The fraction of sp³-hybridized carbons (Fsp3) is 0.125. The van der Waals surface area contributed by atoms with Crippen molar-refractivity contribution in [3.8, 4) is 0 Å². The lowest BCUT2D eigenvalue weighted by molar-refractivity contribution is -0.117. The molecule has 0 aromatic heterocycles. The van der Waals surface area contributed by atoms with E-state index in [4.69, 9.17) is 11.5 Å². The topological polar surface area (TPSA) is 69.1 Å². The van der Waals surface area contributed by atoms with Gasteiger partial charge in [0.05, 0.1) is 12.1 Å². The van der Waals surface area contributed by atoms with E-state index in [1.165, 1.54) is 12.1 Å². The molecule has 1 rings (SSSR count). The third kappa shape index (κ3) is 1.95. The SMILES string of the molecule is NC(=O)Cc1ccc(N)c(F)c1. The molecule has 4 N–H and O–H groups in total. The first kappa shape index (κ1) is 8.52. The maximum absolute atomic E-state index is 12.8. The van der Waals surface area contributed by atoms with Gasteiger partial charge < -0.3 is 11.5 Å². The zero-order chi connectivity index (χ0) is 9.14. The summed E-state index contributed by atoms with van der Waals surface area (Å²) in [6.45, 7) is 0. The van der Waals surface area contributed by atoms with E-state index in [-0.39, 0.29) is 12.1 Å². The lowest BCUT2D eigenvalue weighted by Crippen LogP contribution is -2.13. The third-order valence-electron chi connectivity index (χ3n) is 1.44. The van der Waals surface area contributed by atoms with Crippen LogP contribution in [-0.4, -0.2) is 5.91 Å². The van der Waals surface area contributed by atoms with E-state index in [9.17, 15) is 9.18 Å². The summed E-state index contributed by atoms with van der Waals surface area (Å²) in [6.07, 6.45) is 0.0389. The Morgan fingerprint density at radius 1 is 1.50 bits per heavy atom. The van der Waals surface area contributed by atoms with E-state index in [0.717, 1.165) is 0 Å². The predicted octanol–water partition coefficient (Wildman–Crippen LogP) is 0.436. The number of hydrogen-bond donors (Lipinski definition) is 2. The van der Waals surface area contributed by atoms with Gasteiger partial charge in [-0.3, -0.25) is 4.79 Å². The number of hydrogen-bond acceptors (Lipinski definition) is 2. The Morgan fingerprint density at radius 3 is 2.67 bits per heavy atom. The van der Waals surface area contributed by atoms with Gasteiger partial charge in [-0.15, -0.1) is 0 Å². The Kier molecular flexibility index (Phi) is 2.28. The van der Waals surface area contributed by atoms with Crippen LogP contribution in [0.3, 0.4) is 0 Å². The van der Waals surface area contributed by atoms with Crippen molar-refractivity contribution in [3.63, 3.8) is 0 Å². The third-order valence-corrected chi connectivity index (χ3v) is 1.44. The van der Waals surface area contributed by atoms with Gasteiger partial charge in [0.2, 0.25) is 5.91 Å². The highest BCUT2D eigenvalue weighted by atomic mass is 19.1. The standard InChI is InChI=1S/C8H9FN2O/c9-6-3-5(4-8(11)12)1-2-7(6)10/h1-3H,4,10H2,(H2,11,12). The van der Waals surface area contributed by atoms with E-state index in [1.54, 1.807) is 6.07 Å². The molecule has 1 aromatic rings. The first-order valence-corrected chi connectivity index (χ1v) is 3.42. The Morgan fingerprint density at radius 2 is 2.17 bits per heavy atom. The molecule has 0 unspecified atom stereocenters. The fourth-order valence-corrected chi connectivity index (χ4v) is 0.882. The number of rotatable bonds is 2. The first-order valence-electron chi connectivity index (χ1n) is 3.42. The van der Waals surface area contributed by atoms with Gasteiger partial charge in [-0.25, -0.2) is 4.39 Å². The second-order valence-electron chi connectivity index (χ2n) is 2.50. The van der Waals surface area contributed by atoms with Gasteiger partial charge in [0.25, 0.3) is 0 Å². The summed E-state index contributed by atoms with van der Waals surface area (Å²) >= 11 is 0. The number of carbonyl (C=O) groups excluding carboxylic acids is 1. The van der Waals surface area contributed by atoms with Crippen LogP contribution in [0.2, 0.25) is 0 Å². The van der Waals surface area contributed by atoms with Crippen molar-refractivity contribution in [2.24, 2.45) is 5.73 Å². The number of amides is 1. The fourth-order valence-electron chi connectivity index (χ4n) is 0.882. The molecule has 1 aromatic carbocycles. The largest absolute Gasteiger partial charge is 0.396 e. The van der Waals surface area contributed by atoms with Crippen molar-refractivity contribution < 1.29 is 9.18 Å². The molecule has 1 amide bonds. The number of nitrogen functional groups attached to an aromatic ring is 1. The second-order valence-corrected chi connectivity index (χ2v) is 2.50. The molecule has 0 aliphatic carbocycles. The van der Waals surface area contributed by atoms with E-state index in [0.29, 0.717) is 5.56 Å². The van der Waals surface area contributed by atoms with Crippen molar-refractivity contribution in [1.82, 2.24) is 0 Å². The highest BCUT2D eigenvalue weighted by Crippen LogP contribution is 2.11. The lowest BCUT2D eigenvalue weighted by atomic mass is 10.1. The smallest absolute Gasteiger partial charge is 0.221 e. The number of benzene rings is 1. The van der Waals surface area contributed by atoms with Gasteiger partial charge in [-0.05, 0) is 17.7 Å². The number of primary amides is 1. The summed E-state index contributed by atoms with van der Waals surface area (Å²) in [5, 5.41) is 0. The molecule has 0 fully saturated rings. The molecule has 0 bridgehead atoms. The Balaban J connectivity index is 2.89. The van der Waals surface area contributed by atoms with Gasteiger partial charge in [0.15, 0.2) is 0 Å². The number of carbonyl (C=O) groups is 1. The molecule has 12 heavy (non-hydrogen) atoms. The van der Waals surface area contributed by atoms with Crippen molar-refractivity contribution >= 4 is 11.6 Å². The highest BCUT2D eigenvalue weighted by molar-refractivity contribution is 5.76. The summed E-state index contributed by atoms with van der Waals surface area (Å²) in [6, 6.07) is 4.19. The second kappa shape index (κ2) is 3.21. The molecule has 0 saturated heterocycles. The van der Waals surface area contributed by atoms with Crippen molar-refractivity contribution in [2.45, 2.75) is 6.42 Å². The Labute approximate surface area is 69.2 Å². The van der Waals surface area contributed by atoms with Crippen LogP contribution in [0.4, 0.5) is 10.1 Å². The zero-order valence-electron chi connectivity index (χ0n) is 6.38. The molecule has 0 saturated carbocycles.